The molecule has 0 N–H and O–H groups in total. The van der Waals surface area contributed by atoms with E-state index in [4.69, 9.17) is 0 Å². The summed E-state index contributed by atoms with van der Waals surface area (Å²) in [5.74, 6) is -13.9. The Bertz CT molecular complexity index is 666. The zero-order chi connectivity index (χ0) is 15.0. The fourth-order valence-corrected chi connectivity index (χ4v) is 2.13. The molecule has 0 fully saturated rings. The minimum absolute atomic E-state index is 0.0218. The van der Waals surface area contributed by atoms with E-state index >= 15 is 0 Å². The normalized spacial score (nSPS) is 10.7. The van der Waals surface area contributed by atoms with Crippen molar-refractivity contribution in [2.45, 2.75) is 6.92 Å². The quantitative estimate of drug-likeness (QED) is 0.276. The van der Waals surface area contributed by atoms with Crippen molar-refractivity contribution in [3.05, 3.63) is 51.0 Å². The van der Waals surface area contributed by atoms with Crippen molar-refractivity contribution in [2.75, 3.05) is 0 Å². The molecule has 0 aliphatic carbocycles. The Hall–Kier alpha value is -1.96. The predicted molar refractivity (Wildman–Crippen MR) is 60.2 cm³/mol. The van der Waals surface area contributed by atoms with Gasteiger partial charge in [-0.3, -0.25) is 0 Å². The van der Waals surface area contributed by atoms with Crippen LogP contribution in [0.25, 0.3) is 0 Å². The van der Waals surface area contributed by atoms with Crippen LogP contribution in [0.3, 0.4) is 0 Å². The highest BCUT2D eigenvalue weighted by atomic mass is 32.1. The fourth-order valence-electron chi connectivity index (χ4n) is 1.36. The van der Waals surface area contributed by atoms with E-state index in [0.29, 0.717) is 5.56 Å². The molecule has 8 heteroatoms. The van der Waals surface area contributed by atoms with Crippen molar-refractivity contribution in [1.29, 1.82) is 0 Å². The minimum Gasteiger partial charge on any atom is -0.416 e. The molecule has 0 bridgehead atoms. The van der Waals surface area contributed by atoms with Gasteiger partial charge in [0.25, 0.3) is 0 Å². The number of esters is 1. The lowest BCUT2D eigenvalue weighted by Gasteiger charge is -2.07. The molecule has 1 aromatic heterocycles. The van der Waals surface area contributed by atoms with Gasteiger partial charge in [0.1, 0.15) is 4.88 Å². The number of halogens is 5. The Labute approximate surface area is 113 Å². The van der Waals surface area contributed by atoms with E-state index in [1.807, 2.05) is 0 Å². The molecule has 0 aliphatic heterocycles. The lowest BCUT2D eigenvalue weighted by atomic mass is 10.2. The van der Waals surface area contributed by atoms with Gasteiger partial charge in [0.05, 0.1) is 0 Å². The summed E-state index contributed by atoms with van der Waals surface area (Å²) in [7, 11) is 0. The van der Waals surface area contributed by atoms with Crippen LogP contribution in [0.15, 0.2) is 11.4 Å². The number of carbonyl (C=O) groups excluding carboxylic acids is 1. The van der Waals surface area contributed by atoms with Crippen molar-refractivity contribution in [2.24, 2.45) is 0 Å². The molecular weight excluding hydrogens is 303 g/mol. The summed E-state index contributed by atoms with van der Waals surface area (Å²) in [5.41, 5.74) is 0.694. The van der Waals surface area contributed by atoms with Gasteiger partial charge < -0.3 is 4.74 Å². The predicted octanol–water partition coefficient (Wildman–Crippen LogP) is 3.97. The van der Waals surface area contributed by atoms with Crippen LogP contribution in [0.1, 0.15) is 15.2 Å². The van der Waals surface area contributed by atoms with E-state index in [0.717, 1.165) is 11.3 Å². The molecule has 0 spiro atoms. The summed E-state index contributed by atoms with van der Waals surface area (Å²) in [6.45, 7) is 1.66. The number of rotatable bonds is 2. The molecular formula is C12H5F5O2S. The Morgan fingerprint density at radius 2 is 1.50 bits per heavy atom. The van der Waals surface area contributed by atoms with E-state index in [2.05, 4.69) is 4.74 Å². The summed E-state index contributed by atoms with van der Waals surface area (Å²) < 4.78 is 69.5. The molecule has 20 heavy (non-hydrogen) atoms. The smallest absolute Gasteiger partial charge is 0.353 e. The van der Waals surface area contributed by atoms with Crippen molar-refractivity contribution < 1.29 is 31.5 Å². The van der Waals surface area contributed by atoms with Crippen molar-refractivity contribution in [3.8, 4) is 5.75 Å². The molecule has 0 atom stereocenters. The van der Waals surface area contributed by atoms with Gasteiger partial charge in [0.2, 0.25) is 34.8 Å². The SMILES string of the molecule is Cc1csc(C(=O)Oc2c(F)c(F)c(F)c(F)c2F)c1. The highest BCUT2D eigenvalue weighted by Gasteiger charge is 2.29. The van der Waals surface area contributed by atoms with E-state index in [1.165, 1.54) is 6.07 Å². The molecule has 2 nitrogen and oxygen atoms in total. The molecule has 1 aromatic carbocycles. The van der Waals surface area contributed by atoms with Crippen LogP contribution in [0.5, 0.6) is 5.75 Å². The molecule has 0 aliphatic rings. The van der Waals surface area contributed by atoms with Crippen molar-refractivity contribution in [3.63, 3.8) is 0 Å². The van der Waals surface area contributed by atoms with Gasteiger partial charge in [-0.2, -0.15) is 8.78 Å². The van der Waals surface area contributed by atoms with Crippen molar-refractivity contribution in [1.82, 2.24) is 0 Å². The standard InChI is InChI=1S/C12H5F5O2S/c1-4-2-5(20-3-4)12(18)19-11-9(16)7(14)6(13)8(15)10(11)17/h2-3H,1H3. The summed E-state index contributed by atoms with van der Waals surface area (Å²) in [6, 6.07) is 1.36. The van der Waals surface area contributed by atoms with E-state index in [9.17, 15) is 26.7 Å². The van der Waals surface area contributed by atoms with Gasteiger partial charge in [-0.15, -0.1) is 11.3 Å². The molecule has 106 valence electrons. The van der Waals surface area contributed by atoms with Gasteiger partial charge >= 0.3 is 5.97 Å². The third kappa shape index (κ3) is 2.38. The molecule has 2 rings (SSSR count). The minimum atomic E-state index is -2.31. The van der Waals surface area contributed by atoms with Gasteiger partial charge in [0, 0.05) is 0 Å². The lowest BCUT2D eigenvalue weighted by Crippen LogP contribution is -2.12. The molecule has 1 heterocycles. The number of benzene rings is 1. The fraction of sp³-hybridized carbons (Fsp3) is 0.0833. The zero-order valence-corrected chi connectivity index (χ0v) is 10.6. The summed E-state index contributed by atoms with van der Waals surface area (Å²) >= 11 is 0.919. The Morgan fingerprint density at radius 3 is 1.95 bits per heavy atom. The van der Waals surface area contributed by atoms with Crippen LogP contribution in [0.2, 0.25) is 0 Å². The Balaban J connectivity index is 2.42. The summed E-state index contributed by atoms with van der Waals surface area (Å²) in [5, 5.41) is 1.56. The number of hydrogen-bond donors (Lipinski definition) is 0. The van der Waals surface area contributed by atoms with E-state index in [1.54, 1.807) is 12.3 Å². The largest absolute Gasteiger partial charge is 0.416 e. The highest BCUT2D eigenvalue weighted by molar-refractivity contribution is 7.12. The summed E-state index contributed by atoms with van der Waals surface area (Å²) in [4.78, 5) is 11.5. The maximum absolute atomic E-state index is 13.3. The van der Waals surface area contributed by atoms with Crippen LogP contribution >= 0.6 is 11.3 Å². The van der Waals surface area contributed by atoms with Gasteiger partial charge in [-0.05, 0) is 23.9 Å². The molecule has 2 aromatic rings. The molecule has 0 unspecified atom stereocenters. The molecule has 0 saturated carbocycles. The zero-order valence-electron chi connectivity index (χ0n) is 9.77. The maximum Gasteiger partial charge on any atom is 0.353 e. The molecule has 0 radical (unpaired) electrons. The lowest BCUT2D eigenvalue weighted by molar-refractivity contribution is 0.0721. The van der Waals surface area contributed by atoms with E-state index in [-0.39, 0.29) is 4.88 Å². The number of ether oxygens (including phenoxy) is 1. The highest BCUT2D eigenvalue weighted by Crippen LogP contribution is 2.30. The van der Waals surface area contributed by atoms with E-state index < -0.39 is 40.8 Å². The third-order valence-corrected chi connectivity index (χ3v) is 3.32. The average Bonchev–Trinajstić information content (AvgIpc) is 2.85. The number of hydrogen-bond acceptors (Lipinski definition) is 3. The van der Waals surface area contributed by atoms with Gasteiger partial charge in [-0.1, -0.05) is 0 Å². The summed E-state index contributed by atoms with van der Waals surface area (Å²) in [6.07, 6.45) is 0. The molecule has 0 amide bonds. The third-order valence-electron chi connectivity index (χ3n) is 2.30. The van der Waals surface area contributed by atoms with Crippen LogP contribution in [-0.4, -0.2) is 5.97 Å². The average molecular weight is 308 g/mol. The first-order chi connectivity index (χ1) is 9.32. The van der Waals surface area contributed by atoms with Crippen LogP contribution in [-0.2, 0) is 0 Å². The Kier molecular flexibility index (Phi) is 3.76. The second kappa shape index (κ2) is 5.20. The van der Waals surface area contributed by atoms with Crippen molar-refractivity contribution >= 4 is 17.3 Å². The van der Waals surface area contributed by atoms with Gasteiger partial charge in [0.15, 0.2) is 0 Å². The van der Waals surface area contributed by atoms with Gasteiger partial charge in [-0.25, -0.2) is 18.0 Å². The first-order valence-corrected chi connectivity index (χ1v) is 5.99. The molecule has 0 saturated heterocycles. The van der Waals surface area contributed by atoms with Crippen LogP contribution < -0.4 is 4.74 Å². The maximum atomic E-state index is 13.3. The Morgan fingerprint density at radius 1 is 1.00 bits per heavy atom. The number of aryl methyl sites for hydroxylation is 1. The topological polar surface area (TPSA) is 26.3 Å². The monoisotopic (exact) mass is 308 g/mol. The first kappa shape index (κ1) is 14.4. The number of carbonyl (C=O) groups is 1. The first-order valence-electron chi connectivity index (χ1n) is 5.11. The van der Waals surface area contributed by atoms with Crippen LogP contribution in [0, 0.1) is 36.0 Å². The van der Waals surface area contributed by atoms with Crippen LogP contribution in [0.4, 0.5) is 22.0 Å². The second-order valence-electron chi connectivity index (χ2n) is 3.78. The second-order valence-corrected chi connectivity index (χ2v) is 4.69. The number of thiophene rings is 1.